The van der Waals surface area contributed by atoms with E-state index >= 15 is 0 Å². The van der Waals surface area contributed by atoms with Crippen LogP contribution in [0.1, 0.15) is 75.6 Å². The molecule has 216 valence electrons. The number of sulfonamides is 1. The van der Waals surface area contributed by atoms with Crippen molar-refractivity contribution < 1.29 is 22.7 Å². The van der Waals surface area contributed by atoms with E-state index in [0.29, 0.717) is 50.2 Å². The molecule has 1 atom stereocenters. The van der Waals surface area contributed by atoms with E-state index in [9.17, 15) is 18.0 Å². The maximum atomic E-state index is 13.8. The standard InChI is InChI=1S/C31H41N3O5S/c1-31(2,3)39-30(36)33-18-19-34(28(21-33)23-8-5-4-6-9-23)29(35)24-12-15-26(16-13-24)32-40(37,38)27-17-14-22-10-7-11-25(22)20-27/h4-6,8-9,14,17,20,24,26,28,32H,7,10-13,15-16,18-19,21H2,1-3H3. The molecule has 9 heteroatoms. The Morgan fingerprint density at radius 2 is 1.62 bits per heavy atom. The highest BCUT2D eigenvalue weighted by atomic mass is 32.2. The Bertz CT molecular complexity index is 1330. The van der Waals surface area contributed by atoms with Gasteiger partial charge in [0.15, 0.2) is 0 Å². The molecular formula is C31H41N3O5S. The first-order chi connectivity index (χ1) is 19.0. The van der Waals surface area contributed by atoms with Gasteiger partial charge in [-0.25, -0.2) is 17.9 Å². The van der Waals surface area contributed by atoms with Crippen molar-refractivity contribution in [1.29, 1.82) is 0 Å². The summed E-state index contributed by atoms with van der Waals surface area (Å²) in [5, 5.41) is 0. The minimum absolute atomic E-state index is 0.0811. The van der Waals surface area contributed by atoms with Crippen molar-refractivity contribution in [2.24, 2.45) is 5.92 Å². The number of carbonyl (C=O) groups excluding carboxylic acids is 2. The first kappa shape index (κ1) is 28.6. The van der Waals surface area contributed by atoms with Gasteiger partial charge in [0.1, 0.15) is 5.60 Å². The smallest absolute Gasteiger partial charge is 0.410 e. The van der Waals surface area contributed by atoms with Crippen LogP contribution in [0.25, 0.3) is 0 Å². The fourth-order valence-corrected chi connectivity index (χ4v) is 7.55. The van der Waals surface area contributed by atoms with E-state index in [-0.39, 0.29) is 30.0 Å². The van der Waals surface area contributed by atoms with Crippen LogP contribution in [0.5, 0.6) is 0 Å². The number of aryl methyl sites for hydroxylation is 2. The quantitative estimate of drug-likeness (QED) is 0.558. The molecule has 1 aliphatic heterocycles. The van der Waals surface area contributed by atoms with Crippen LogP contribution in [0, 0.1) is 5.92 Å². The lowest BCUT2D eigenvalue weighted by atomic mass is 9.85. The van der Waals surface area contributed by atoms with Gasteiger partial charge >= 0.3 is 6.09 Å². The molecule has 1 unspecified atom stereocenters. The van der Waals surface area contributed by atoms with Gasteiger partial charge < -0.3 is 14.5 Å². The van der Waals surface area contributed by atoms with Gasteiger partial charge in [-0.3, -0.25) is 4.79 Å². The Balaban J connectivity index is 1.22. The fraction of sp³-hybridized carbons (Fsp3) is 0.548. The third-order valence-corrected chi connectivity index (χ3v) is 9.80. The summed E-state index contributed by atoms with van der Waals surface area (Å²) < 4.78 is 34.7. The lowest BCUT2D eigenvalue weighted by Crippen LogP contribution is -2.54. The molecule has 2 aliphatic carbocycles. The van der Waals surface area contributed by atoms with E-state index in [2.05, 4.69) is 4.72 Å². The van der Waals surface area contributed by atoms with Crippen LogP contribution in [0.15, 0.2) is 53.4 Å². The highest BCUT2D eigenvalue weighted by Crippen LogP contribution is 2.33. The normalized spacial score (nSPS) is 23.5. The Hall–Kier alpha value is -2.91. The number of amides is 2. The number of hydrogen-bond donors (Lipinski definition) is 1. The van der Waals surface area contributed by atoms with Gasteiger partial charge in [-0.15, -0.1) is 0 Å². The Kier molecular flexibility index (Phi) is 8.25. The second-order valence-electron chi connectivity index (χ2n) is 12.3. The lowest BCUT2D eigenvalue weighted by Gasteiger charge is -2.43. The number of nitrogens with zero attached hydrogens (tertiary/aromatic N) is 2. The third-order valence-electron chi connectivity index (χ3n) is 8.28. The third kappa shape index (κ3) is 6.52. The zero-order chi connectivity index (χ0) is 28.5. The van der Waals surface area contributed by atoms with Gasteiger partial charge in [-0.2, -0.15) is 0 Å². The van der Waals surface area contributed by atoms with E-state index in [1.807, 2.05) is 68.1 Å². The van der Waals surface area contributed by atoms with Crippen molar-refractivity contribution in [2.75, 3.05) is 19.6 Å². The summed E-state index contributed by atoms with van der Waals surface area (Å²) in [7, 11) is -3.61. The molecule has 1 heterocycles. The van der Waals surface area contributed by atoms with Crippen LogP contribution in [0.2, 0.25) is 0 Å². The number of benzene rings is 2. The maximum absolute atomic E-state index is 13.8. The number of fused-ring (bicyclic) bond motifs is 1. The number of piperazine rings is 1. The van der Waals surface area contributed by atoms with Crippen molar-refractivity contribution in [3.05, 3.63) is 65.2 Å². The second kappa shape index (κ2) is 11.5. The number of carbonyl (C=O) groups is 2. The van der Waals surface area contributed by atoms with Crippen molar-refractivity contribution >= 4 is 22.0 Å². The van der Waals surface area contributed by atoms with Crippen LogP contribution in [0.4, 0.5) is 4.79 Å². The SMILES string of the molecule is CC(C)(C)OC(=O)N1CCN(C(=O)C2CCC(NS(=O)(=O)c3ccc4c(c3)CCC4)CC2)C(c2ccccc2)C1. The van der Waals surface area contributed by atoms with Crippen LogP contribution in [-0.4, -0.2) is 61.5 Å². The van der Waals surface area contributed by atoms with E-state index in [0.717, 1.165) is 30.4 Å². The van der Waals surface area contributed by atoms with E-state index < -0.39 is 15.6 Å². The molecule has 0 bridgehead atoms. The second-order valence-corrected chi connectivity index (χ2v) is 14.1. The van der Waals surface area contributed by atoms with Gasteiger partial charge in [0, 0.05) is 31.6 Å². The van der Waals surface area contributed by atoms with Crippen molar-refractivity contribution in [3.63, 3.8) is 0 Å². The van der Waals surface area contributed by atoms with Crippen molar-refractivity contribution in [3.8, 4) is 0 Å². The van der Waals surface area contributed by atoms with Crippen LogP contribution >= 0.6 is 0 Å². The minimum Gasteiger partial charge on any atom is -0.444 e. The predicted molar refractivity (Wildman–Crippen MR) is 153 cm³/mol. The largest absolute Gasteiger partial charge is 0.444 e. The fourth-order valence-electron chi connectivity index (χ4n) is 6.20. The van der Waals surface area contributed by atoms with E-state index in [1.54, 1.807) is 11.0 Å². The highest BCUT2D eigenvalue weighted by molar-refractivity contribution is 7.89. The summed E-state index contributed by atoms with van der Waals surface area (Å²) in [6.45, 7) is 6.77. The first-order valence-electron chi connectivity index (χ1n) is 14.5. The molecule has 1 saturated carbocycles. The molecule has 1 saturated heterocycles. The Labute approximate surface area is 238 Å². The summed E-state index contributed by atoms with van der Waals surface area (Å²) in [6, 6.07) is 14.9. The van der Waals surface area contributed by atoms with E-state index in [1.165, 1.54) is 5.56 Å². The number of ether oxygens (including phenoxy) is 1. The molecule has 0 radical (unpaired) electrons. The summed E-state index contributed by atoms with van der Waals surface area (Å²) in [5.41, 5.74) is 2.78. The van der Waals surface area contributed by atoms with Crippen LogP contribution in [0.3, 0.4) is 0 Å². The molecule has 2 aromatic rings. The average Bonchev–Trinajstić information content (AvgIpc) is 3.40. The van der Waals surface area contributed by atoms with Gasteiger partial charge in [0.25, 0.3) is 0 Å². The summed E-state index contributed by atoms with van der Waals surface area (Å²) in [4.78, 5) is 30.6. The maximum Gasteiger partial charge on any atom is 0.410 e. The summed E-state index contributed by atoms with van der Waals surface area (Å²) in [5.74, 6) is -0.0855. The molecule has 5 rings (SSSR count). The van der Waals surface area contributed by atoms with Crippen molar-refractivity contribution in [1.82, 2.24) is 14.5 Å². The van der Waals surface area contributed by atoms with Crippen molar-refractivity contribution in [2.45, 2.75) is 88.3 Å². The van der Waals surface area contributed by atoms with Gasteiger partial charge in [-0.05, 0) is 94.5 Å². The van der Waals surface area contributed by atoms with Gasteiger partial charge in [0.2, 0.25) is 15.9 Å². The molecule has 2 fully saturated rings. The van der Waals surface area contributed by atoms with E-state index in [4.69, 9.17) is 4.74 Å². The first-order valence-corrected chi connectivity index (χ1v) is 16.0. The summed E-state index contributed by atoms with van der Waals surface area (Å²) >= 11 is 0. The molecular weight excluding hydrogens is 526 g/mol. The minimum atomic E-state index is -3.61. The van der Waals surface area contributed by atoms with Crippen LogP contribution in [-0.2, 0) is 32.4 Å². The molecule has 3 aliphatic rings. The summed E-state index contributed by atoms with van der Waals surface area (Å²) in [6.07, 6.45) is 5.16. The zero-order valence-electron chi connectivity index (χ0n) is 23.8. The molecule has 1 N–H and O–H groups in total. The Morgan fingerprint density at radius 3 is 2.33 bits per heavy atom. The average molecular weight is 568 g/mol. The topological polar surface area (TPSA) is 96.0 Å². The zero-order valence-corrected chi connectivity index (χ0v) is 24.6. The lowest BCUT2D eigenvalue weighted by molar-refractivity contribution is -0.142. The molecule has 2 amide bonds. The highest BCUT2D eigenvalue weighted by Gasteiger charge is 2.39. The number of rotatable bonds is 5. The van der Waals surface area contributed by atoms with Gasteiger partial charge in [-0.1, -0.05) is 36.4 Å². The number of nitrogens with one attached hydrogen (secondary N) is 1. The number of hydrogen-bond acceptors (Lipinski definition) is 5. The molecule has 2 aromatic carbocycles. The molecule has 0 aromatic heterocycles. The Morgan fingerprint density at radius 1 is 0.925 bits per heavy atom. The molecule has 40 heavy (non-hydrogen) atoms. The van der Waals surface area contributed by atoms with Gasteiger partial charge in [0.05, 0.1) is 10.9 Å². The van der Waals surface area contributed by atoms with Crippen LogP contribution < -0.4 is 4.72 Å². The monoisotopic (exact) mass is 567 g/mol. The predicted octanol–water partition coefficient (Wildman–Crippen LogP) is 4.83. The molecule has 0 spiro atoms. The molecule has 8 nitrogen and oxygen atoms in total.